The van der Waals surface area contributed by atoms with E-state index in [1.165, 1.54) is 18.4 Å². The first-order chi connectivity index (χ1) is 11.8. The maximum absolute atomic E-state index is 5.34. The highest BCUT2D eigenvalue weighted by atomic mass is 16.5. The van der Waals surface area contributed by atoms with Crippen molar-refractivity contribution in [3.63, 3.8) is 0 Å². The number of aromatic nitrogens is 1. The van der Waals surface area contributed by atoms with Crippen LogP contribution in [0.5, 0.6) is 0 Å². The monoisotopic (exact) mass is 333 g/mol. The zero-order valence-electron chi connectivity index (χ0n) is 15.1. The summed E-state index contributed by atoms with van der Waals surface area (Å²) in [6.45, 7) is 7.55. The molecule has 0 amide bonds. The van der Waals surface area contributed by atoms with Crippen LogP contribution in [0, 0.1) is 0 Å². The Morgan fingerprint density at radius 2 is 2.12 bits per heavy atom. The number of guanidine groups is 1. The Labute approximate surface area is 145 Å². The lowest BCUT2D eigenvalue weighted by Gasteiger charge is -2.17. The molecule has 0 unspecified atom stereocenters. The molecule has 1 fully saturated rings. The van der Waals surface area contributed by atoms with Gasteiger partial charge in [0, 0.05) is 52.6 Å². The third kappa shape index (κ3) is 6.35. The zero-order valence-corrected chi connectivity index (χ0v) is 15.1. The van der Waals surface area contributed by atoms with Crippen molar-refractivity contribution in [1.82, 2.24) is 15.6 Å². The predicted octanol–water partition coefficient (Wildman–Crippen LogP) is 2.16. The second-order valence-electron chi connectivity index (χ2n) is 5.97. The summed E-state index contributed by atoms with van der Waals surface area (Å²) in [4.78, 5) is 11.1. The van der Waals surface area contributed by atoms with E-state index in [4.69, 9.17) is 4.74 Å². The maximum atomic E-state index is 5.34. The van der Waals surface area contributed by atoms with Crippen LogP contribution in [0.3, 0.4) is 0 Å². The van der Waals surface area contributed by atoms with E-state index in [1.54, 1.807) is 7.05 Å². The highest BCUT2D eigenvalue weighted by Crippen LogP contribution is 2.18. The average molecular weight is 333 g/mol. The largest absolute Gasteiger partial charge is 0.382 e. The van der Waals surface area contributed by atoms with Gasteiger partial charge in [-0.05, 0) is 50.3 Å². The molecule has 0 aliphatic carbocycles. The fourth-order valence-corrected chi connectivity index (χ4v) is 2.78. The van der Waals surface area contributed by atoms with Crippen LogP contribution in [-0.4, -0.2) is 50.8 Å². The van der Waals surface area contributed by atoms with Crippen molar-refractivity contribution in [3.8, 4) is 0 Å². The third-order valence-corrected chi connectivity index (χ3v) is 4.14. The van der Waals surface area contributed by atoms with Crippen LogP contribution >= 0.6 is 0 Å². The SMILES string of the molecule is CCOCCCCNC(=NC)NCc1ccnc(N2CCCC2)c1. The first kappa shape index (κ1) is 18.5. The maximum Gasteiger partial charge on any atom is 0.191 e. The summed E-state index contributed by atoms with van der Waals surface area (Å²) < 4.78 is 5.34. The third-order valence-electron chi connectivity index (χ3n) is 4.14. The summed E-state index contributed by atoms with van der Waals surface area (Å²) in [5.41, 5.74) is 1.23. The van der Waals surface area contributed by atoms with Crippen LogP contribution in [0.1, 0.15) is 38.2 Å². The number of anilines is 1. The van der Waals surface area contributed by atoms with Crippen molar-refractivity contribution in [3.05, 3.63) is 23.9 Å². The van der Waals surface area contributed by atoms with Gasteiger partial charge in [0.2, 0.25) is 0 Å². The van der Waals surface area contributed by atoms with E-state index in [2.05, 4.69) is 37.6 Å². The average Bonchev–Trinajstić information content (AvgIpc) is 3.15. The lowest BCUT2D eigenvalue weighted by Crippen LogP contribution is -2.37. The van der Waals surface area contributed by atoms with Crippen LogP contribution < -0.4 is 15.5 Å². The molecule has 1 aliphatic heterocycles. The molecule has 1 aromatic heterocycles. The number of aliphatic imine (C=N–C) groups is 1. The first-order valence-corrected chi connectivity index (χ1v) is 9.05. The van der Waals surface area contributed by atoms with Gasteiger partial charge >= 0.3 is 0 Å². The van der Waals surface area contributed by atoms with Gasteiger partial charge in [0.1, 0.15) is 5.82 Å². The van der Waals surface area contributed by atoms with Gasteiger partial charge < -0.3 is 20.3 Å². The summed E-state index contributed by atoms with van der Waals surface area (Å²) >= 11 is 0. The molecule has 2 rings (SSSR count). The van der Waals surface area contributed by atoms with Crippen LogP contribution in [-0.2, 0) is 11.3 Å². The number of nitrogens with zero attached hydrogens (tertiary/aromatic N) is 3. The molecule has 134 valence electrons. The molecule has 0 atom stereocenters. The van der Waals surface area contributed by atoms with Crippen molar-refractivity contribution in [2.24, 2.45) is 4.99 Å². The van der Waals surface area contributed by atoms with E-state index in [-0.39, 0.29) is 0 Å². The van der Waals surface area contributed by atoms with Crippen LogP contribution in [0.4, 0.5) is 5.82 Å². The number of hydrogen-bond acceptors (Lipinski definition) is 4. The lowest BCUT2D eigenvalue weighted by atomic mass is 10.2. The van der Waals surface area contributed by atoms with Crippen molar-refractivity contribution >= 4 is 11.8 Å². The minimum absolute atomic E-state index is 0.752. The molecule has 0 saturated carbocycles. The molecular weight excluding hydrogens is 302 g/mol. The second kappa shape index (κ2) is 10.9. The fourth-order valence-electron chi connectivity index (χ4n) is 2.78. The normalized spacial score (nSPS) is 14.9. The number of hydrogen-bond donors (Lipinski definition) is 2. The molecular formula is C18H31N5O. The standard InChI is InChI=1S/C18H31N5O/c1-3-24-13-7-4-9-21-18(19-2)22-15-16-8-10-20-17(14-16)23-11-5-6-12-23/h8,10,14H,3-7,9,11-13,15H2,1-2H3,(H2,19,21,22). The molecule has 1 aliphatic rings. The highest BCUT2D eigenvalue weighted by Gasteiger charge is 2.13. The Hall–Kier alpha value is -1.82. The molecule has 0 spiro atoms. The molecule has 0 aromatic carbocycles. The molecule has 6 heteroatoms. The van der Waals surface area contributed by atoms with Crippen LogP contribution in [0.2, 0.25) is 0 Å². The topological polar surface area (TPSA) is 61.8 Å². The summed E-state index contributed by atoms with van der Waals surface area (Å²) in [5.74, 6) is 1.93. The Balaban J connectivity index is 1.71. The molecule has 2 heterocycles. The molecule has 1 aromatic rings. The minimum atomic E-state index is 0.752. The summed E-state index contributed by atoms with van der Waals surface area (Å²) in [5, 5.41) is 6.71. The summed E-state index contributed by atoms with van der Waals surface area (Å²) in [6, 6.07) is 4.23. The van der Waals surface area contributed by atoms with E-state index in [9.17, 15) is 0 Å². The number of ether oxygens (including phenoxy) is 1. The van der Waals surface area contributed by atoms with Crippen molar-refractivity contribution < 1.29 is 4.74 Å². The lowest BCUT2D eigenvalue weighted by molar-refractivity contribution is 0.143. The van der Waals surface area contributed by atoms with Crippen molar-refractivity contribution in [1.29, 1.82) is 0 Å². The van der Waals surface area contributed by atoms with Gasteiger partial charge in [0.15, 0.2) is 5.96 Å². The summed E-state index contributed by atoms with van der Waals surface area (Å²) in [6.07, 6.45) is 6.58. The molecule has 24 heavy (non-hydrogen) atoms. The van der Waals surface area contributed by atoms with Crippen molar-refractivity contribution in [2.45, 2.75) is 39.2 Å². The quantitative estimate of drug-likeness (QED) is 0.412. The van der Waals surface area contributed by atoms with Crippen LogP contribution in [0.15, 0.2) is 23.3 Å². The van der Waals surface area contributed by atoms with Gasteiger partial charge in [0.25, 0.3) is 0 Å². The van der Waals surface area contributed by atoms with Gasteiger partial charge in [-0.15, -0.1) is 0 Å². The van der Waals surface area contributed by atoms with Gasteiger partial charge in [-0.25, -0.2) is 4.98 Å². The Morgan fingerprint density at radius 1 is 1.29 bits per heavy atom. The fraction of sp³-hybridized carbons (Fsp3) is 0.667. The predicted molar refractivity (Wildman–Crippen MR) is 99.6 cm³/mol. The summed E-state index contributed by atoms with van der Waals surface area (Å²) in [7, 11) is 1.80. The van der Waals surface area contributed by atoms with E-state index < -0.39 is 0 Å². The number of rotatable bonds is 9. The van der Waals surface area contributed by atoms with Gasteiger partial charge in [-0.3, -0.25) is 4.99 Å². The number of pyridine rings is 1. The Bertz CT molecular complexity index is 500. The molecule has 0 bridgehead atoms. The molecule has 1 saturated heterocycles. The van der Waals surface area contributed by atoms with E-state index >= 15 is 0 Å². The number of nitrogens with one attached hydrogen (secondary N) is 2. The molecule has 6 nitrogen and oxygen atoms in total. The Kier molecular flexibility index (Phi) is 8.38. The first-order valence-electron chi connectivity index (χ1n) is 9.05. The Morgan fingerprint density at radius 3 is 2.88 bits per heavy atom. The molecule has 2 N–H and O–H groups in total. The smallest absolute Gasteiger partial charge is 0.191 e. The number of unbranched alkanes of at least 4 members (excludes halogenated alkanes) is 1. The van der Waals surface area contributed by atoms with Gasteiger partial charge in [0.05, 0.1) is 0 Å². The zero-order chi connectivity index (χ0) is 17.0. The van der Waals surface area contributed by atoms with Gasteiger partial charge in [-0.1, -0.05) is 0 Å². The van der Waals surface area contributed by atoms with Gasteiger partial charge in [-0.2, -0.15) is 0 Å². The van der Waals surface area contributed by atoms with E-state index in [1.807, 2.05) is 13.1 Å². The van der Waals surface area contributed by atoms with Crippen LogP contribution in [0.25, 0.3) is 0 Å². The van der Waals surface area contributed by atoms with Crippen molar-refractivity contribution in [2.75, 3.05) is 44.8 Å². The highest BCUT2D eigenvalue weighted by molar-refractivity contribution is 5.79. The second-order valence-corrected chi connectivity index (χ2v) is 5.97. The van der Waals surface area contributed by atoms with E-state index in [0.29, 0.717) is 0 Å². The minimum Gasteiger partial charge on any atom is -0.382 e. The molecule has 0 radical (unpaired) electrons. The van der Waals surface area contributed by atoms with E-state index in [0.717, 1.165) is 64.0 Å².